The summed E-state index contributed by atoms with van der Waals surface area (Å²) in [7, 11) is 0. The number of aryl methyl sites for hydroxylation is 1. The fourth-order valence-electron chi connectivity index (χ4n) is 2.90. The zero-order valence-corrected chi connectivity index (χ0v) is 13.3. The summed E-state index contributed by atoms with van der Waals surface area (Å²) >= 11 is 0. The molecule has 1 aliphatic heterocycles. The molecular weight excluding hydrogens is 278 g/mol. The van der Waals surface area contributed by atoms with Gasteiger partial charge in [0.2, 0.25) is 5.91 Å². The third-order valence-corrected chi connectivity index (χ3v) is 4.09. The van der Waals surface area contributed by atoms with E-state index in [-0.39, 0.29) is 17.8 Å². The number of rotatable bonds is 6. The Labute approximate surface area is 132 Å². The van der Waals surface area contributed by atoms with Gasteiger partial charge in [-0.2, -0.15) is 0 Å². The average molecular weight is 303 g/mol. The Hall–Kier alpha value is -1.84. The Morgan fingerprint density at radius 2 is 2.05 bits per heavy atom. The maximum atomic E-state index is 12.3. The van der Waals surface area contributed by atoms with Gasteiger partial charge in [0.25, 0.3) is 0 Å². The van der Waals surface area contributed by atoms with Crippen molar-refractivity contribution in [2.24, 2.45) is 5.92 Å². The van der Waals surface area contributed by atoms with Crippen molar-refractivity contribution in [3.63, 3.8) is 0 Å². The molecular formula is C18H25NO3. The molecule has 0 unspecified atom stereocenters. The van der Waals surface area contributed by atoms with E-state index in [1.165, 1.54) is 5.56 Å². The topological polar surface area (TPSA) is 46.6 Å². The van der Waals surface area contributed by atoms with Gasteiger partial charge in [-0.3, -0.25) is 9.59 Å². The molecule has 1 amide bonds. The quantitative estimate of drug-likeness (QED) is 0.759. The smallest absolute Gasteiger partial charge is 0.310 e. The molecule has 0 aliphatic carbocycles. The molecule has 1 aliphatic rings. The number of benzene rings is 1. The van der Waals surface area contributed by atoms with E-state index in [0.717, 1.165) is 32.2 Å². The summed E-state index contributed by atoms with van der Waals surface area (Å²) in [5.74, 6) is -0.152. The summed E-state index contributed by atoms with van der Waals surface area (Å²) < 4.78 is 5.07. The van der Waals surface area contributed by atoms with Crippen LogP contribution in [0.5, 0.6) is 0 Å². The summed E-state index contributed by atoms with van der Waals surface area (Å²) in [6.07, 6.45) is 4.02. The molecule has 0 radical (unpaired) electrons. The molecule has 22 heavy (non-hydrogen) atoms. The van der Waals surface area contributed by atoms with E-state index in [0.29, 0.717) is 19.6 Å². The van der Waals surface area contributed by atoms with E-state index in [9.17, 15) is 9.59 Å². The van der Waals surface area contributed by atoms with Crippen LogP contribution in [-0.4, -0.2) is 36.5 Å². The number of amides is 1. The lowest BCUT2D eigenvalue weighted by Crippen LogP contribution is -2.42. The number of likely N-dealkylation sites (tertiary alicyclic amines) is 1. The van der Waals surface area contributed by atoms with E-state index in [2.05, 4.69) is 12.1 Å². The second-order valence-electron chi connectivity index (χ2n) is 5.77. The minimum Gasteiger partial charge on any atom is -0.466 e. The molecule has 1 saturated heterocycles. The van der Waals surface area contributed by atoms with Crippen LogP contribution in [0.4, 0.5) is 0 Å². The van der Waals surface area contributed by atoms with Crippen molar-refractivity contribution in [3.05, 3.63) is 35.9 Å². The number of hydrogen-bond acceptors (Lipinski definition) is 3. The number of nitrogens with zero attached hydrogens (tertiary/aromatic N) is 1. The predicted octanol–water partition coefficient (Wildman–Crippen LogP) is 2.81. The molecule has 0 aromatic heterocycles. The van der Waals surface area contributed by atoms with Crippen LogP contribution < -0.4 is 0 Å². The molecule has 0 saturated carbocycles. The lowest BCUT2D eigenvalue weighted by Gasteiger charge is -2.31. The molecule has 1 heterocycles. The number of ether oxygens (including phenoxy) is 1. The van der Waals surface area contributed by atoms with Crippen molar-refractivity contribution < 1.29 is 14.3 Å². The molecule has 4 heteroatoms. The van der Waals surface area contributed by atoms with Crippen molar-refractivity contribution in [1.29, 1.82) is 0 Å². The van der Waals surface area contributed by atoms with E-state index < -0.39 is 0 Å². The number of carbonyl (C=O) groups is 2. The highest BCUT2D eigenvalue weighted by molar-refractivity contribution is 5.78. The standard InChI is InChI=1S/C18H25NO3/c1-2-22-18(21)16-11-7-13-19(14-16)17(20)12-6-10-15-8-4-3-5-9-15/h3-5,8-9,16H,2,6-7,10-14H2,1H3/t16-/m0/s1. The zero-order valence-electron chi connectivity index (χ0n) is 13.3. The van der Waals surface area contributed by atoms with Crippen molar-refractivity contribution in [2.75, 3.05) is 19.7 Å². The van der Waals surface area contributed by atoms with Crippen LogP contribution in [0.1, 0.15) is 38.2 Å². The fraction of sp³-hybridized carbons (Fsp3) is 0.556. The van der Waals surface area contributed by atoms with Crippen LogP contribution in [0, 0.1) is 5.92 Å². The molecule has 1 aromatic rings. The maximum Gasteiger partial charge on any atom is 0.310 e. The van der Waals surface area contributed by atoms with E-state index >= 15 is 0 Å². The van der Waals surface area contributed by atoms with Crippen LogP contribution in [0.3, 0.4) is 0 Å². The summed E-state index contributed by atoms with van der Waals surface area (Å²) in [6, 6.07) is 10.2. The molecule has 0 spiro atoms. The van der Waals surface area contributed by atoms with Gasteiger partial charge in [0.05, 0.1) is 12.5 Å². The first-order valence-electron chi connectivity index (χ1n) is 8.19. The van der Waals surface area contributed by atoms with Gasteiger partial charge >= 0.3 is 5.97 Å². The largest absolute Gasteiger partial charge is 0.466 e. The van der Waals surface area contributed by atoms with E-state index in [1.54, 1.807) is 0 Å². The molecule has 0 N–H and O–H groups in total. The van der Waals surface area contributed by atoms with Gasteiger partial charge < -0.3 is 9.64 Å². The van der Waals surface area contributed by atoms with Gasteiger partial charge in [0, 0.05) is 19.5 Å². The van der Waals surface area contributed by atoms with E-state index in [1.807, 2.05) is 30.0 Å². The lowest BCUT2D eigenvalue weighted by molar-refractivity contribution is -0.151. The molecule has 1 fully saturated rings. The van der Waals surface area contributed by atoms with Gasteiger partial charge in [-0.05, 0) is 38.2 Å². The molecule has 4 nitrogen and oxygen atoms in total. The van der Waals surface area contributed by atoms with Crippen molar-refractivity contribution in [3.8, 4) is 0 Å². The highest BCUT2D eigenvalue weighted by Crippen LogP contribution is 2.19. The third kappa shape index (κ3) is 4.86. The van der Waals surface area contributed by atoms with Gasteiger partial charge in [-0.1, -0.05) is 30.3 Å². The fourth-order valence-corrected chi connectivity index (χ4v) is 2.90. The van der Waals surface area contributed by atoms with Crippen LogP contribution in [-0.2, 0) is 20.7 Å². The molecule has 2 rings (SSSR count). The normalized spacial score (nSPS) is 18.0. The van der Waals surface area contributed by atoms with Crippen molar-refractivity contribution >= 4 is 11.9 Å². The minimum atomic E-state index is -0.163. The highest BCUT2D eigenvalue weighted by Gasteiger charge is 2.28. The number of piperidine rings is 1. The molecule has 0 bridgehead atoms. The van der Waals surface area contributed by atoms with Crippen molar-refractivity contribution in [2.45, 2.75) is 39.0 Å². The third-order valence-electron chi connectivity index (χ3n) is 4.09. The lowest BCUT2D eigenvalue weighted by atomic mass is 9.97. The van der Waals surface area contributed by atoms with Crippen LogP contribution in [0.25, 0.3) is 0 Å². The number of esters is 1. The Kier molecular flexibility index (Phi) is 6.44. The SMILES string of the molecule is CCOC(=O)[C@H]1CCCN(C(=O)CCCc2ccccc2)C1. The molecule has 120 valence electrons. The zero-order chi connectivity index (χ0) is 15.8. The second-order valence-corrected chi connectivity index (χ2v) is 5.77. The van der Waals surface area contributed by atoms with Crippen LogP contribution in [0.15, 0.2) is 30.3 Å². The Bertz CT molecular complexity index is 486. The Morgan fingerprint density at radius 3 is 2.77 bits per heavy atom. The van der Waals surface area contributed by atoms with Gasteiger partial charge in [-0.15, -0.1) is 0 Å². The van der Waals surface area contributed by atoms with Gasteiger partial charge in [0.15, 0.2) is 0 Å². The second kappa shape index (κ2) is 8.57. The van der Waals surface area contributed by atoms with Crippen LogP contribution >= 0.6 is 0 Å². The maximum absolute atomic E-state index is 12.3. The van der Waals surface area contributed by atoms with E-state index in [4.69, 9.17) is 4.74 Å². The van der Waals surface area contributed by atoms with Gasteiger partial charge in [0.1, 0.15) is 0 Å². The first-order chi connectivity index (χ1) is 10.7. The summed E-state index contributed by atoms with van der Waals surface area (Å²) in [5, 5.41) is 0. The summed E-state index contributed by atoms with van der Waals surface area (Å²) in [5.41, 5.74) is 1.26. The minimum absolute atomic E-state index is 0.147. The summed E-state index contributed by atoms with van der Waals surface area (Å²) in [6.45, 7) is 3.50. The van der Waals surface area contributed by atoms with Gasteiger partial charge in [-0.25, -0.2) is 0 Å². The monoisotopic (exact) mass is 303 g/mol. The molecule has 1 aromatic carbocycles. The number of carbonyl (C=O) groups excluding carboxylic acids is 2. The average Bonchev–Trinajstić information content (AvgIpc) is 2.56. The molecule has 1 atom stereocenters. The number of hydrogen-bond donors (Lipinski definition) is 0. The first-order valence-corrected chi connectivity index (χ1v) is 8.19. The van der Waals surface area contributed by atoms with Crippen molar-refractivity contribution in [1.82, 2.24) is 4.90 Å². The highest BCUT2D eigenvalue weighted by atomic mass is 16.5. The Balaban J connectivity index is 1.75. The first kappa shape index (κ1) is 16.5. The predicted molar refractivity (Wildman–Crippen MR) is 85.3 cm³/mol. The Morgan fingerprint density at radius 1 is 1.27 bits per heavy atom. The summed E-state index contributed by atoms with van der Waals surface area (Å²) in [4.78, 5) is 25.9. The van der Waals surface area contributed by atoms with Crippen LogP contribution in [0.2, 0.25) is 0 Å².